The summed E-state index contributed by atoms with van der Waals surface area (Å²) in [5, 5.41) is 10.5. The van der Waals surface area contributed by atoms with Gasteiger partial charge in [-0.1, -0.05) is 23.7 Å². The number of nitrogens with zero attached hydrogens (tertiary/aromatic N) is 1. The normalized spacial score (nSPS) is 11.1. The number of sulfonamides is 1. The van der Waals surface area contributed by atoms with E-state index in [-0.39, 0.29) is 33.8 Å². The number of amides is 3. The molecule has 37 heavy (non-hydrogen) atoms. The van der Waals surface area contributed by atoms with Crippen LogP contribution in [0.4, 0.5) is 10.1 Å². The second-order valence-electron chi connectivity index (χ2n) is 8.13. The minimum Gasteiger partial charge on any atom is -0.355 e. The fraction of sp³-hybridized carbons (Fsp3) is 0.160. The van der Waals surface area contributed by atoms with Crippen LogP contribution in [0.1, 0.15) is 31.8 Å². The van der Waals surface area contributed by atoms with E-state index in [0.717, 1.165) is 6.07 Å². The Morgan fingerprint density at radius 1 is 1.00 bits per heavy atom. The lowest BCUT2D eigenvalue weighted by molar-refractivity contribution is -0.117. The van der Waals surface area contributed by atoms with E-state index < -0.39 is 40.1 Å². The van der Waals surface area contributed by atoms with Crippen molar-refractivity contribution in [2.45, 2.75) is 18.4 Å². The summed E-state index contributed by atoms with van der Waals surface area (Å²) in [6.45, 7) is 1.06. The lowest BCUT2D eigenvalue weighted by Crippen LogP contribution is -2.37. The predicted octanol–water partition coefficient (Wildman–Crippen LogP) is 3.08. The van der Waals surface area contributed by atoms with Crippen LogP contribution in [0.25, 0.3) is 0 Å². The van der Waals surface area contributed by atoms with Gasteiger partial charge in [0.15, 0.2) is 0 Å². The number of aryl methyl sites for hydroxylation is 1. The van der Waals surface area contributed by atoms with Gasteiger partial charge in [0.05, 0.1) is 10.6 Å². The number of nitrogens with one attached hydrogen (secondary N) is 2. The van der Waals surface area contributed by atoms with Crippen molar-refractivity contribution in [1.29, 1.82) is 0 Å². The Hall–Kier alpha value is -3.80. The standard InChI is InChI=1S/C25H24ClFN4O5S/c1-15-11-18(6-10-22(15)37(28,35)36)25(34)31(13-16-3-7-19(26)8-4-16)14-23(32)30-21-9-5-17(12-20(21)27)24(33)29-2/h3-12H,13-14H2,1-2H3,(H,29,33)(H,30,32)(H2,28,35,36). The first-order valence-electron chi connectivity index (χ1n) is 10.9. The third kappa shape index (κ3) is 7.13. The maximum Gasteiger partial charge on any atom is 0.254 e. The molecule has 0 unspecified atom stereocenters. The molecular weight excluding hydrogens is 523 g/mol. The van der Waals surface area contributed by atoms with Crippen molar-refractivity contribution in [3.8, 4) is 0 Å². The van der Waals surface area contributed by atoms with Crippen molar-refractivity contribution < 1.29 is 27.2 Å². The number of hydrogen-bond acceptors (Lipinski definition) is 5. The molecule has 0 aromatic heterocycles. The second kappa shape index (κ2) is 11.5. The van der Waals surface area contributed by atoms with Gasteiger partial charge in [-0.2, -0.15) is 0 Å². The number of anilines is 1. The van der Waals surface area contributed by atoms with Gasteiger partial charge < -0.3 is 15.5 Å². The molecule has 12 heteroatoms. The zero-order valence-corrected chi connectivity index (χ0v) is 21.5. The third-order valence-corrected chi connectivity index (χ3v) is 6.69. The minimum absolute atomic E-state index is 0.0114. The summed E-state index contributed by atoms with van der Waals surface area (Å²) in [5.41, 5.74) is 0.987. The SMILES string of the molecule is CNC(=O)c1ccc(NC(=O)CN(Cc2ccc(Cl)cc2)C(=O)c2ccc(S(N)(=O)=O)c(C)c2)c(F)c1. The molecule has 9 nitrogen and oxygen atoms in total. The van der Waals surface area contributed by atoms with Crippen LogP contribution in [0.2, 0.25) is 5.02 Å². The predicted molar refractivity (Wildman–Crippen MR) is 137 cm³/mol. The molecule has 3 amide bonds. The zero-order valence-electron chi connectivity index (χ0n) is 19.9. The van der Waals surface area contributed by atoms with Crippen molar-refractivity contribution >= 4 is 45.0 Å². The highest BCUT2D eigenvalue weighted by Crippen LogP contribution is 2.20. The van der Waals surface area contributed by atoms with Crippen molar-refractivity contribution in [2.24, 2.45) is 5.14 Å². The molecule has 0 saturated carbocycles. The van der Waals surface area contributed by atoms with E-state index in [1.807, 2.05) is 0 Å². The highest BCUT2D eigenvalue weighted by molar-refractivity contribution is 7.89. The molecule has 0 spiro atoms. The molecule has 0 aliphatic carbocycles. The number of halogens is 2. The Balaban J connectivity index is 1.86. The summed E-state index contributed by atoms with van der Waals surface area (Å²) in [7, 11) is -2.57. The number of nitrogens with two attached hydrogens (primary N) is 1. The highest BCUT2D eigenvalue weighted by Gasteiger charge is 2.22. The maximum atomic E-state index is 14.5. The molecule has 194 valence electrons. The van der Waals surface area contributed by atoms with E-state index in [1.54, 1.807) is 24.3 Å². The first-order chi connectivity index (χ1) is 17.4. The molecule has 4 N–H and O–H groups in total. The number of rotatable bonds is 8. The summed E-state index contributed by atoms with van der Waals surface area (Å²) in [5.74, 6) is -2.56. The smallest absolute Gasteiger partial charge is 0.254 e. The van der Waals surface area contributed by atoms with Crippen molar-refractivity contribution in [1.82, 2.24) is 10.2 Å². The van der Waals surface area contributed by atoms with Gasteiger partial charge in [0.25, 0.3) is 11.8 Å². The Kier molecular flexibility index (Phi) is 8.64. The molecule has 0 atom stereocenters. The van der Waals surface area contributed by atoms with Crippen LogP contribution in [0.5, 0.6) is 0 Å². The summed E-state index contributed by atoms with van der Waals surface area (Å²) >= 11 is 5.94. The Labute approximate surface area is 218 Å². The summed E-state index contributed by atoms with van der Waals surface area (Å²) in [6, 6.07) is 14.1. The lowest BCUT2D eigenvalue weighted by Gasteiger charge is -2.23. The Morgan fingerprint density at radius 2 is 1.65 bits per heavy atom. The minimum atomic E-state index is -3.98. The van der Waals surface area contributed by atoms with Crippen LogP contribution >= 0.6 is 11.6 Å². The highest BCUT2D eigenvalue weighted by atomic mass is 35.5. The molecular formula is C25H24ClFN4O5S. The largest absolute Gasteiger partial charge is 0.355 e. The van der Waals surface area contributed by atoms with Gasteiger partial charge in [-0.15, -0.1) is 0 Å². The molecule has 3 rings (SSSR count). The third-order valence-electron chi connectivity index (χ3n) is 5.37. The van der Waals surface area contributed by atoms with E-state index in [2.05, 4.69) is 10.6 Å². The van der Waals surface area contributed by atoms with Gasteiger partial charge in [0.2, 0.25) is 15.9 Å². The molecule has 0 aliphatic rings. The quantitative estimate of drug-likeness (QED) is 0.398. The number of carbonyl (C=O) groups excluding carboxylic acids is 3. The van der Waals surface area contributed by atoms with E-state index >= 15 is 0 Å². The first-order valence-corrected chi connectivity index (χ1v) is 12.8. The molecule has 0 fully saturated rings. The van der Waals surface area contributed by atoms with Crippen molar-refractivity contribution in [3.63, 3.8) is 0 Å². The molecule has 0 radical (unpaired) electrons. The molecule has 0 aliphatic heterocycles. The van der Waals surface area contributed by atoms with Crippen molar-refractivity contribution in [2.75, 3.05) is 18.9 Å². The van der Waals surface area contributed by atoms with Crippen LogP contribution in [0, 0.1) is 12.7 Å². The van der Waals surface area contributed by atoms with Crippen LogP contribution in [-0.4, -0.2) is 44.6 Å². The average molecular weight is 547 g/mol. The van der Waals surface area contributed by atoms with E-state index in [9.17, 15) is 27.2 Å². The zero-order chi connectivity index (χ0) is 27.3. The van der Waals surface area contributed by atoms with Gasteiger partial charge in [-0.25, -0.2) is 17.9 Å². The number of benzene rings is 3. The van der Waals surface area contributed by atoms with Gasteiger partial charge in [-0.3, -0.25) is 14.4 Å². The average Bonchev–Trinajstić information content (AvgIpc) is 2.84. The maximum absolute atomic E-state index is 14.5. The van der Waals surface area contributed by atoms with E-state index in [4.69, 9.17) is 16.7 Å². The lowest BCUT2D eigenvalue weighted by atomic mass is 10.1. The van der Waals surface area contributed by atoms with Crippen LogP contribution in [0.3, 0.4) is 0 Å². The molecule has 3 aromatic carbocycles. The summed E-state index contributed by atoms with van der Waals surface area (Å²) in [4.78, 5) is 39.0. The van der Waals surface area contributed by atoms with Crippen LogP contribution in [0.15, 0.2) is 65.6 Å². The van der Waals surface area contributed by atoms with Crippen LogP contribution in [-0.2, 0) is 21.4 Å². The molecule has 0 heterocycles. The fourth-order valence-corrected chi connectivity index (χ4v) is 4.45. The second-order valence-corrected chi connectivity index (χ2v) is 10.1. The van der Waals surface area contributed by atoms with E-state index in [0.29, 0.717) is 10.6 Å². The molecule has 0 bridgehead atoms. The van der Waals surface area contributed by atoms with Gasteiger partial charge in [0, 0.05) is 29.7 Å². The number of carbonyl (C=O) groups is 3. The molecule has 3 aromatic rings. The van der Waals surface area contributed by atoms with Gasteiger partial charge in [-0.05, 0) is 66.6 Å². The topological polar surface area (TPSA) is 139 Å². The number of primary sulfonamides is 1. The fourth-order valence-electron chi connectivity index (χ4n) is 3.56. The first kappa shape index (κ1) is 27.8. The van der Waals surface area contributed by atoms with Crippen LogP contribution < -0.4 is 15.8 Å². The Bertz CT molecular complexity index is 1460. The summed E-state index contributed by atoms with van der Waals surface area (Å²) < 4.78 is 37.9. The Morgan fingerprint density at radius 3 is 2.22 bits per heavy atom. The van der Waals surface area contributed by atoms with Gasteiger partial charge in [0.1, 0.15) is 12.4 Å². The molecule has 0 saturated heterocycles. The van der Waals surface area contributed by atoms with E-state index in [1.165, 1.54) is 49.2 Å². The van der Waals surface area contributed by atoms with Crippen molar-refractivity contribution in [3.05, 3.63) is 93.8 Å². The summed E-state index contributed by atoms with van der Waals surface area (Å²) in [6.07, 6.45) is 0. The number of hydrogen-bond donors (Lipinski definition) is 3. The van der Waals surface area contributed by atoms with Gasteiger partial charge >= 0.3 is 0 Å². The monoisotopic (exact) mass is 546 g/mol.